The fourth-order valence-electron chi connectivity index (χ4n) is 2.28. The average Bonchev–Trinajstić information content (AvgIpc) is 2.39. The van der Waals surface area contributed by atoms with Crippen molar-refractivity contribution in [2.75, 3.05) is 0 Å². The molecule has 0 radical (unpaired) electrons. The summed E-state index contributed by atoms with van der Waals surface area (Å²) in [6.07, 6.45) is 8.72. The molecule has 17 heavy (non-hydrogen) atoms. The number of benzene rings is 1. The first-order valence-electron chi connectivity index (χ1n) is 6.10. The van der Waals surface area contributed by atoms with E-state index in [9.17, 15) is 5.11 Å². The fourth-order valence-corrected chi connectivity index (χ4v) is 2.28. The molecule has 90 valence electrons. The molecule has 1 N–H and O–H groups in total. The summed E-state index contributed by atoms with van der Waals surface area (Å²) in [5.41, 5.74) is 0.0324. The quantitative estimate of drug-likeness (QED) is 0.808. The van der Waals surface area contributed by atoms with E-state index in [1.165, 1.54) is 0 Å². The molecule has 1 aliphatic carbocycles. The van der Waals surface area contributed by atoms with E-state index in [1.54, 1.807) is 0 Å². The van der Waals surface area contributed by atoms with Gasteiger partial charge in [0.25, 0.3) is 0 Å². The minimum absolute atomic E-state index is 0.235. The second-order valence-corrected chi connectivity index (χ2v) is 4.60. The highest BCUT2D eigenvalue weighted by Crippen LogP contribution is 2.30. The molecule has 0 bridgehead atoms. The van der Waals surface area contributed by atoms with Crippen LogP contribution < -0.4 is 0 Å². The van der Waals surface area contributed by atoms with Gasteiger partial charge in [0.15, 0.2) is 5.60 Å². The molecule has 2 unspecified atom stereocenters. The lowest BCUT2D eigenvalue weighted by atomic mass is 9.83. The molecule has 1 saturated carbocycles. The fraction of sp³-hybridized carbons (Fsp3) is 0.467. The van der Waals surface area contributed by atoms with Crippen LogP contribution >= 0.6 is 0 Å². The van der Waals surface area contributed by atoms with Crippen molar-refractivity contribution in [1.82, 2.24) is 0 Å². The van der Waals surface area contributed by atoms with Crippen LogP contribution in [-0.2, 0) is 11.3 Å². The molecule has 0 spiro atoms. The average molecular weight is 230 g/mol. The normalized spacial score (nSPS) is 28.6. The lowest BCUT2D eigenvalue weighted by Crippen LogP contribution is -2.45. The molecule has 0 amide bonds. The number of rotatable bonds is 3. The van der Waals surface area contributed by atoms with Gasteiger partial charge in [-0.1, -0.05) is 42.7 Å². The van der Waals surface area contributed by atoms with Crippen molar-refractivity contribution in [3.63, 3.8) is 0 Å². The van der Waals surface area contributed by atoms with Crippen molar-refractivity contribution in [3.05, 3.63) is 35.9 Å². The van der Waals surface area contributed by atoms with Gasteiger partial charge in [0, 0.05) is 0 Å². The first-order chi connectivity index (χ1) is 8.24. The summed E-state index contributed by atoms with van der Waals surface area (Å²) in [4.78, 5) is 0. The maximum Gasteiger partial charge on any atom is 0.151 e. The smallest absolute Gasteiger partial charge is 0.151 e. The Morgan fingerprint density at radius 1 is 1.35 bits per heavy atom. The number of ether oxygens (including phenoxy) is 1. The summed E-state index contributed by atoms with van der Waals surface area (Å²) in [6.45, 7) is 0.509. The van der Waals surface area contributed by atoms with E-state index in [1.807, 2.05) is 30.3 Å². The van der Waals surface area contributed by atoms with Crippen LogP contribution in [0.5, 0.6) is 0 Å². The highest BCUT2D eigenvalue weighted by molar-refractivity contribution is 5.15. The van der Waals surface area contributed by atoms with Crippen LogP contribution in [0.1, 0.15) is 31.2 Å². The number of terminal acetylenes is 1. The summed E-state index contributed by atoms with van der Waals surface area (Å²) in [6, 6.07) is 9.96. The largest absolute Gasteiger partial charge is 0.375 e. The molecule has 0 heterocycles. The predicted octanol–water partition coefficient (Wildman–Crippen LogP) is 2.51. The molecule has 2 nitrogen and oxygen atoms in total. The minimum Gasteiger partial charge on any atom is -0.375 e. The molecule has 0 aromatic heterocycles. The van der Waals surface area contributed by atoms with Gasteiger partial charge in [-0.15, -0.1) is 6.42 Å². The third-order valence-electron chi connectivity index (χ3n) is 3.35. The zero-order chi connectivity index (χ0) is 12.1. The molecular weight excluding hydrogens is 212 g/mol. The van der Waals surface area contributed by atoms with Gasteiger partial charge in [0.05, 0.1) is 12.7 Å². The Bertz CT molecular complexity index is 393. The Kier molecular flexibility index (Phi) is 3.83. The van der Waals surface area contributed by atoms with Crippen molar-refractivity contribution in [1.29, 1.82) is 0 Å². The lowest BCUT2D eigenvalue weighted by Gasteiger charge is -2.35. The number of hydrogen-bond acceptors (Lipinski definition) is 2. The van der Waals surface area contributed by atoms with Crippen molar-refractivity contribution in [2.24, 2.45) is 0 Å². The molecule has 1 aromatic carbocycles. The number of aliphatic hydroxyl groups is 1. The molecule has 1 aliphatic rings. The SMILES string of the molecule is C#CC1(O)CCCCC1OCc1ccccc1. The van der Waals surface area contributed by atoms with Crippen LogP contribution in [-0.4, -0.2) is 16.8 Å². The summed E-state index contributed by atoms with van der Waals surface area (Å²) in [5.74, 6) is 2.50. The number of hydrogen-bond donors (Lipinski definition) is 1. The van der Waals surface area contributed by atoms with Crippen molar-refractivity contribution >= 4 is 0 Å². The van der Waals surface area contributed by atoms with E-state index in [0.29, 0.717) is 13.0 Å². The van der Waals surface area contributed by atoms with Gasteiger partial charge in [-0.3, -0.25) is 0 Å². The first-order valence-corrected chi connectivity index (χ1v) is 6.10. The van der Waals surface area contributed by atoms with E-state index in [2.05, 4.69) is 5.92 Å². The van der Waals surface area contributed by atoms with E-state index in [-0.39, 0.29) is 6.10 Å². The van der Waals surface area contributed by atoms with Crippen LogP contribution in [0.2, 0.25) is 0 Å². The first kappa shape index (κ1) is 12.2. The standard InChI is InChI=1S/C15H18O2/c1-2-15(16)11-7-6-10-14(15)17-12-13-8-4-3-5-9-13/h1,3-5,8-9,14,16H,6-7,10-12H2. The lowest BCUT2D eigenvalue weighted by molar-refractivity contribution is -0.104. The van der Waals surface area contributed by atoms with Crippen LogP contribution in [0, 0.1) is 12.3 Å². The predicted molar refractivity (Wildman–Crippen MR) is 67.3 cm³/mol. The van der Waals surface area contributed by atoms with E-state index < -0.39 is 5.60 Å². The second kappa shape index (κ2) is 5.35. The molecule has 2 rings (SSSR count). The Morgan fingerprint density at radius 3 is 2.82 bits per heavy atom. The molecule has 1 fully saturated rings. The van der Waals surface area contributed by atoms with E-state index in [4.69, 9.17) is 11.2 Å². The summed E-state index contributed by atoms with van der Waals surface area (Å²) in [5, 5.41) is 10.3. The summed E-state index contributed by atoms with van der Waals surface area (Å²) in [7, 11) is 0. The van der Waals surface area contributed by atoms with Gasteiger partial charge in [0.2, 0.25) is 0 Å². The highest BCUT2D eigenvalue weighted by atomic mass is 16.5. The second-order valence-electron chi connectivity index (χ2n) is 4.60. The maximum absolute atomic E-state index is 10.3. The van der Waals surface area contributed by atoms with Crippen LogP contribution in [0.4, 0.5) is 0 Å². The zero-order valence-electron chi connectivity index (χ0n) is 9.93. The third-order valence-corrected chi connectivity index (χ3v) is 3.35. The van der Waals surface area contributed by atoms with E-state index in [0.717, 1.165) is 24.8 Å². The Balaban J connectivity index is 1.96. The Labute approximate surface area is 103 Å². The molecule has 0 saturated heterocycles. The van der Waals surface area contributed by atoms with Crippen molar-refractivity contribution in [2.45, 2.75) is 44.0 Å². The highest BCUT2D eigenvalue weighted by Gasteiger charge is 2.37. The minimum atomic E-state index is -1.08. The van der Waals surface area contributed by atoms with E-state index >= 15 is 0 Å². The van der Waals surface area contributed by atoms with Crippen LogP contribution in [0.3, 0.4) is 0 Å². The molecule has 0 aliphatic heterocycles. The Hall–Kier alpha value is -1.30. The summed E-state index contributed by atoms with van der Waals surface area (Å²) < 4.78 is 5.78. The van der Waals surface area contributed by atoms with Crippen LogP contribution in [0.25, 0.3) is 0 Å². The van der Waals surface area contributed by atoms with Crippen molar-refractivity contribution in [3.8, 4) is 12.3 Å². The molecular formula is C15H18O2. The molecule has 2 atom stereocenters. The third kappa shape index (κ3) is 2.88. The Morgan fingerprint density at radius 2 is 2.12 bits per heavy atom. The summed E-state index contributed by atoms with van der Waals surface area (Å²) >= 11 is 0. The topological polar surface area (TPSA) is 29.5 Å². The van der Waals surface area contributed by atoms with Gasteiger partial charge in [-0.2, -0.15) is 0 Å². The van der Waals surface area contributed by atoms with Gasteiger partial charge >= 0.3 is 0 Å². The van der Waals surface area contributed by atoms with Gasteiger partial charge in [-0.05, 0) is 24.8 Å². The molecule has 2 heteroatoms. The monoisotopic (exact) mass is 230 g/mol. The van der Waals surface area contributed by atoms with Gasteiger partial charge in [0.1, 0.15) is 0 Å². The zero-order valence-corrected chi connectivity index (χ0v) is 9.93. The maximum atomic E-state index is 10.3. The molecule has 1 aromatic rings. The van der Waals surface area contributed by atoms with Gasteiger partial charge in [-0.25, -0.2) is 0 Å². The van der Waals surface area contributed by atoms with Gasteiger partial charge < -0.3 is 9.84 Å². The van der Waals surface area contributed by atoms with Crippen LogP contribution in [0.15, 0.2) is 30.3 Å². The van der Waals surface area contributed by atoms with Crippen molar-refractivity contribution < 1.29 is 9.84 Å².